The Morgan fingerprint density at radius 2 is 1.30 bits per heavy atom. The van der Waals surface area contributed by atoms with Gasteiger partial charge < -0.3 is 11.1 Å². The van der Waals surface area contributed by atoms with Crippen LogP contribution in [-0.4, -0.2) is 11.8 Å². The first kappa shape index (κ1) is 20.3. The zero-order valence-electron chi connectivity index (χ0n) is 13.4. The Morgan fingerprint density at radius 3 is 1.70 bits per heavy atom. The highest BCUT2D eigenvalue weighted by atomic mass is 19.4. The molecule has 0 unspecified atom stereocenters. The number of carbonyl (C=O) groups is 2. The molecule has 4 nitrogen and oxygen atoms in total. The van der Waals surface area contributed by atoms with Crippen molar-refractivity contribution in [3.63, 3.8) is 0 Å². The Morgan fingerprint density at radius 1 is 0.815 bits per heavy atom. The van der Waals surface area contributed by atoms with Gasteiger partial charge in [-0.2, -0.15) is 26.3 Å². The monoisotopic (exact) mass is 390 g/mol. The van der Waals surface area contributed by atoms with E-state index < -0.39 is 40.9 Å². The Bertz CT molecular complexity index is 825. The predicted molar refractivity (Wildman–Crippen MR) is 82.6 cm³/mol. The number of rotatable bonds is 4. The van der Waals surface area contributed by atoms with Gasteiger partial charge in [0.05, 0.1) is 11.1 Å². The van der Waals surface area contributed by atoms with Gasteiger partial charge in [-0.3, -0.25) is 9.59 Å². The molecule has 0 heterocycles. The third-order valence-electron chi connectivity index (χ3n) is 3.54. The first-order valence-electron chi connectivity index (χ1n) is 7.34. The van der Waals surface area contributed by atoms with Crippen molar-refractivity contribution in [3.05, 3.63) is 70.3 Å². The van der Waals surface area contributed by atoms with E-state index in [1.54, 1.807) is 0 Å². The zero-order chi connectivity index (χ0) is 20.4. The van der Waals surface area contributed by atoms with E-state index in [2.05, 4.69) is 5.32 Å². The first-order valence-corrected chi connectivity index (χ1v) is 7.34. The lowest BCUT2D eigenvalue weighted by Gasteiger charge is -2.14. The summed E-state index contributed by atoms with van der Waals surface area (Å²) in [6, 6.07) is 6.26. The molecule has 2 amide bonds. The molecule has 2 aromatic rings. The number of hydrogen-bond acceptors (Lipinski definition) is 2. The van der Waals surface area contributed by atoms with Gasteiger partial charge in [0.25, 0.3) is 5.91 Å². The van der Waals surface area contributed by atoms with Crippen LogP contribution in [0.5, 0.6) is 0 Å². The molecule has 0 aliphatic carbocycles. The summed E-state index contributed by atoms with van der Waals surface area (Å²) >= 11 is 0. The summed E-state index contributed by atoms with van der Waals surface area (Å²) in [7, 11) is 0. The minimum atomic E-state index is -5.04. The van der Waals surface area contributed by atoms with E-state index >= 15 is 0 Å². The van der Waals surface area contributed by atoms with Gasteiger partial charge in [0.2, 0.25) is 5.91 Å². The molecule has 0 bridgehead atoms. The smallest absolute Gasteiger partial charge is 0.366 e. The SMILES string of the molecule is NC(=O)c1ccc(CNC(=O)c2cc(C(F)(F)F)cc(C(F)(F)F)c2)cc1. The normalized spacial score (nSPS) is 11.9. The van der Waals surface area contributed by atoms with Gasteiger partial charge in [0.15, 0.2) is 0 Å². The van der Waals surface area contributed by atoms with Crippen molar-refractivity contribution in [3.8, 4) is 0 Å². The Balaban J connectivity index is 2.23. The molecule has 3 N–H and O–H groups in total. The highest BCUT2D eigenvalue weighted by molar-refractivity contribution is 5.95. The van der Waals surface area contributed by atoms with Crippen molar-refractivity contribution in [1.82, 2.24) is 5.32 Å². The zero-order valence-corrected chi connectivity index (χ0v) is 13.4. The van der Waals surface area contributed by atoms with Crippen LogP contribution in [0.2, 0.25) is 0 Å². The highest BCUT2D eigenvalue weighted by Crippen LogP contribution is 2.36. The number of carbonyl (C=O) groups excluding carboxylic acids is 2. The topological polar surface area (TPSA) is 72.2 Å². The van der Waals surface area contributed by atoms with E-state index in [0.717, 1.165) is 0 Å². The summed E-state index contributed by atoms with van der Waals surface area (Å²) in [6.07, 6.45) is -10.1. The third-order valence-corrected chi connectivity index (χ3v) is 3.54. The van der Waals surface area contributed by atoms with E-state index in [1.807, 2.05) is 0 Å². The number of alkyl halides is 6. The first-order chi connectivity index (χ1) is 12.4. The fourth-order valence-electron chi connectivity index (χ4n) is 2.16. The molecule has 10 heteroatoms. The quantitative estimate of drug-likeness (QED) is 0.781. The van der Waals surface area contributed by atoms with Gasteiger partial charge in [-0.25, -0.2) is 0 Å². The summed E-state index contributed by atoms with van der Waals surface area (Å²) in [6.45, 7) is -0.171. The van der Waals surface area contributed by atoms with Crippen molar-refractivity contribution in [1.29, 1.82) is 0 Å². The number of nitrogens with two attached hydrogens (primary N) is 1. The summed E-state index contributed by atoms with van der Waals surface area (Å²) in [5, 5.41) is 2.23. The second-order valence-corrected chi connectivity index (χ2v) is 5.54. The summed E-state index contributed by atoms with van der Waals surface area (Å²) in [5.74, 6) is -1.78. The maximum Gasteiger partial charge on any atom is 0.416 e. The molecule has 2 aromatic carbocycles. The molecule has 0 saturated carbocycles. The summed E-state index contributed by atoms with van der Waals surface area (Å²) in [4.78, 5) is 23.0. The van der Waals surface area contributed by atoms with Crippen molar-refractivity contribution in [2.75, 3.05) is 0 Å². The molecular formula is C17H12F6N2O2. The maximum atomic E-state index is 12.8. The van der Waals surface area contributed by atoms with Crippen LogP contribution in [0.25, 0.3) is 0 Å². The molecule has 0 aliphatic heterocycles. The minimum Gasteiger partial charge on any atom is -0.366 e. The Labute approximate surface area is 149 Å². The Hall–Kier alpha value is -3.04. The van der Waals surface area contributed by atoms with Crippen molar-refractivity contribution in [2.45, 2.75) is 18.9 Å². The molecule has 0 spiro atoms. The van der Waals surface area contributed by atoms with Crippen LogP contribution >= 0.6 is 0 Å². The molecule has 144 valence electrons. The molecule has 0 aliphatic rings. The van der Waals surface area contributed by atoms with E-state index in [-0.39, 0.29) is 18.2 Å². The van der Waals surface area contributed by atoms with Crippen LogP contribution in [0.15, 0.2) is 42.5 Å². The van der Waals surface area contributed by atoms with Crippen molar-refractivity contribution < 1.29 is 35.9 Å². The average Bonchev–Trinajstić information content (AvgIpc) is 2.58. The molecule has 0 radical (unpaired) electrons. The second-order valence-electron chi connectivity index (χ2n) is 5.54. The number of primary amides is 1. The van der Waals surface area contributed by atoms with Crippen LogP contribution in [0, 0.1) is 0 Å². The number of benzene rings is 2. The van der Waals surface area contributed by atoms with Crippen LogP contribution in [-0.2, 0) is 18.9 Å². The van der Waals surface area contributed by atoms with E-state index in [4.69, 9.17) is 5.73 Å². The van der Waals surface area contributed by atoms with Gasteiger partial charge >= 0.3 is 12.4 Å². The second kappa shape index (κ2) is 7.29. The molecule has 0 fully saturated rings. The standard InChI is InChI=1S/C17H12F6N2O2/c18-16(19,20)12-5-11(6-13(7-12)17(21,22)23)15(27)25-8-9-1-3-10(4-2-9)14(24)26/h1-7H,8H2,(H2,24,26)(H,25,27). The lowest BCUT2D eigenvalue weighted by Crippen LogP contribution is -2.24. The third kappa shape index (κ3) is 5.22. The molecular weight excluding hydrogens is 378 g/mol. The van der Waals surface area contributed by atoms with Crippen LogP contribution < -0.4 is 11.1 Å². The van der Waals surface area contributed by atoms with E-state index in [1.165, 1.54) is 24.3 Å². The largest absolute Gasteiger partial charge is 0.416 e. The molecule has 0 atom stereocenters. The summed E-state index contributed by atoms with van der Waals surface area (Å²) < 4.78 is 76.9. The van der Waals surface area contributed by atoms with Crippen molar-refractivity contribution >= 4 is 11.8 Å². The number of hydrogen-bond donors (Lipinski definition) is 2. The van der Waals surface area contributed by atoms with Gasteiger partial charge in [0.1, 0.15) is 0 Å². The lowest BCUT2D eigenvalue weighted by atomic mass is 10.0. The van der Waals surface area contributed by atoms with E-state index in [9.17, 15) is 35.9 Å². The number of nitrogens with one attached hydrogen (secondary N) is 1. The van der Waals surface area contributed by atoms with Crippen LogP contribution in [0.4, 0.5) is 26.3 Å². The van der Waals surface area contributed by atoms with Gasteiger partial charge in [-0.1, -0.05) is 12.1 Å². The van der Waals surface area contributed by atoms with Gasteiger partial charge in [0, 0.05) is 17.7 Å². The fraction of sp³-hybridized carbons (Fsp3) is 0.176. The number of amides is 2. The van der Waals surface area contributed by atoms with Crippen LogP contribution in [0.1, 0.15) is 37.4 Å². The van der Waals surface area contributed by atoms with Gasteiger partial charge in [-0.05, 0) is 35.9 Å². The minimum absolute atomic E-state index is 0.0562. The maximum absolute atomic E-state index is 12.8. The van der Waals surface area contributed by atoms with Crippen molar-refractivity contribution in [2.24, 2.45) is 5.73 Å². The van der Waals surface area contributed by atoms with Gasteiger partial charge in [-0.15, -0.1) is 0 Å². The molecule has 2 rings (SSSR count). The molecule has 27 heavy (non-hydrogen) atoms. The van der Waals surface area contributed by atoms with Crippen LogP contribution in [0.3, 0.4) is 0 Å². The Kier molecular flexibility index (Phi) is 5.48. The lowest BCUT2D eigenvalue weighted by molar-refractivity contribution is -0.143. The summed E-state index contributed by atoms with van der Waals surface area (Å²) in [5.41, 5.74) is 1.82. The number of halogens is 6. The highest BCUT2D eigenvalue weighted by Gasteiger charge is 2.37. The average molecular weight is 390 g/mol. The molecule has 0 saturated heterocycles. The van der Waals surface area contributed by atoms with E-state index in [0.29, 0.717) is 17.7 Å². The molecule has 0 aromatic heterocycles. The fourth-order valence-corrected chi connectivity index (χ4v) is 2.16. The predicted octanol–water partition coefficient (Wildman–Crippen LogP) is 3.75.